The molecule has 0 aromatic heterocycles. The monoisotopic (exact) mass is 228 g/mol. The first kappa shape index (κ1) is 14.9. The second kappa shape index (κ2) is 5.32. The van der Waals surface area contributed by atoms with Crippen LogP contribution in [0.5, 0.6) is 0 Å². The molecule has 0 aliphatic rings. The molecule has 94 valence electrons. The molecule has 0 rings (SSSR count). The number of amides is 2. The molecule has 0 aliphatic carbocycles. The molecule has 4 heteroatoms. The fourth-order valence-corrected chi connectivity index (χ4v) is 1.03. The normalized spacial score (nSPS) is 12.3. The number of primary amides is 1. The first-order chi connectivity index (χ1) is 7.09. The summed E-state index contributed by atoms with van der Waals surface area (Å²) in [6, 6.07) is 0. The first-order valence-electron chi connectivity index (χ1n) is 5.65. The summed E-state index contributed by atoms with van der Waals surface area (Å²) < 4.78 is 0. The van der Waals surface area contributed by atoms with Crippen LogP contribution in [-0.4, -0.2) is 18.4 Å². The lowest BCUT2D eigenvalue weighted by atomic mass is 9.69. The molecule has 0 aromatic rings. The SMILES string of the molecule is CC(C)(C)C(C)(C)C(=O)NCCCC(N)=O. The van der Waals surface area contributed by atoms with Crippen molar-refractivity contribution in [2.24, 2.45) is 16.6 Å². The van der Waals surface area contributed by atoms with Crippen LogP contribution in [0, 0.1) is 10.8 Å². The minimum Gasteiger partial charge on any atom is -0.370 e. The summed E-state index contributed by atoms with van der Waals surface area (Å²) in [5.41, 5.74) is 4.49. The zero-order valence-corrected chi connectivity index (χ0v) is 11.0. The minimum atomic E-state index is -0.431. The summed E-state index contributed by atoms with van der Waals surface area (Å²) in [6.07, 6.45) is 0.914. The van der Waals surface area contributed by atoms with Gasteiger partial charge in [0.15, 0.2) is 0 Å². The van der Waals surface area contributed by atoms with Crippen molar-refractivity contribution in [3.8, 4) is 0 Å². The molecule has 0 bridgehead atoms. The molecule has 0 fully saturated rings. The maximum Gasteiger partial charge on any atom is 0.226 e. The molecule has 0 unspecified atom stereocenters. The summed E-state index contributed by atoms with van der Waals surface area (Å²) in [4.78, 5) is 22.4. The molecule has 0 heterocycles. The molecule has 0 spiro atoms. The van der Waals surface area contributed by atoms with Gasteiger partial charge in [0, 0.05) is 18.4 Å². The van der Waals surface area contributed by atoms with E-state index in [0.29, 0.717) is 19.4 Å². The van der Waals surface area contributed by atoms with Gasteiger partial charge in [-0.1, -0.05) is 34.6 Å². The fraction of sp³-hybridized carbons (Fsp3) is 0.833. The Morgan fingerprint density at radius 1 is 1.12 bits per heavy atom. The van der Waals surface area contributed by atoms with Crippen LogP contribution in [0.2, 0.25) is 0 Å². The van der Waals surface area contributed by atoms with Gasteiger partial charge in [-0.25, -0.2) is 0 Å². The molecule has 3 N–H and O–H groups in total. The van der Waals surface area contributed by atoms with Crippen LogP contribution >= 0.6 is 0 Å². The van der Waals surface area contributed by atoms with Gasteiger partial charge in [-0.05, 0) is 11.8 Å². The first-order valence-corrected chi connectivity index (χ1v) is 5.65. The van der Waals surface area contributed by atoms with E-state index in [1.807, 2.05) is 34.6 Å². The second-order valence-electron chi connectivity index (χ2n) is 5.70. The quantitative estimate of drug-likeness (QED) is 0.699. The summed E-state index contributed by atoms with van der Waals surface area (Å²) in [5.74, 6) is -0.311. The third kappa shape index (κ3) is 4.21. The highest BCUT2D eigenvalue weighted by atomic mass is 16.2. The Hall–Kier alpha value is -1.06. The lowest BCUT2D eigenvalue weighted by Crippen LogP contribution is -2.45. The maximum absolute atomic E-state index is 11.9. The Labute approximate surface area is 98.0 Å². The lowest BCUT2D eigenvalue weighted by molar-refractivity contribution is -0.134. The van der Waals surface area contributed by atoms with E-state index >= 15 is 0 Å². The van der Waals surface area contributed by atoms with Crippen LogP contribution in [-0.2, 0) is 9.59 Å². The van der Waals surface area contributed by atoms with Crippen molar-refractivity contribution < 1.29 is 9.59 Å². The smallest absolute Gasteiger partial charge is 0.226 e. The third-order valence-electron chi connectivity index (χ3n) is 3.33. The Morgan fingerprint density at radius 2 is 1.62 bits per heavy atom. The minimum absolute atomic E-state index is 0.0180. The molecule has 4 nitrogen and oxygen atoms in total. The number of carbonyl (C=O) groups excluding carboxylic acids is 2. The van der Waals surface area contributed by atoms with Crippen molar-refractivity contribution in [1.29, 1.82) is 0 Å². The van der Waals surface area contributed by atoms with Crippen molar-refractivity contribution in [1.82, 2.24) is 5.32 Å². The van der Waals surface area contributed by atoms with Crippen LogP contribution in [0.25, 0.3) is 0 Å². The average Bonchev–Trinajstić information content (AvgIpc) is 2.09. The molecule has 2 amide bonds. The molecular formula is C12H24N2O2. The fourth-order valence-electron chi connectivity index (χ4n) is 1.03. The van der Waals surface area contributed by atoms with E-state index in [1.165, 1.54) is 0 Å². The Kier molecular flexibility index (Phi) is 4.97. The lowest BCUT2D eigenvalue weighted by Gasteiger charge is -2.37. The number of nitrogens with two attached hydrogens (primary N) is 1. The predicted molar refractivity (Wildman–Crippen MR) is 64.7 cm³/mol. The number of nitrogens with one attached hydrogen (secondary N) is 1. The molecule has 0 saturated carbocycles. The molecule has 0 saturated heterocycles. The average molecular weight is 228 g/mol. The third-order valence-corrected chi connectivity index (χ3v) is 3.33. The maximum atomic E-state index is 11.9. The van der Waals surface area contributed by atoms with E-state index in [-0.39, 0.29) is 17.2 Å². The van der Waals surface area contributed by atoms with E-state index in [0.717, 1.165) is 0 Å². The molecule has 16 heavy (non-hydrogen) atoms. The van der Waals surface area contributed by atoms with E-state index in [4.69, 9.17) is 5.73 Å². The van der Waals surface area contributed by atoms with Gasteiger partial charge in [0.05, 0.1) is 0 Å². The Morgan fingerprint density at radius 3 is 2.00 bits per heavy atom. The summed E-state index contributed by atoms with van der Waals surface area (Å²) in [7, 11) is 0. The van der Waals surface area contributed by atoms with Gasteiger partial charge in [-0.3, -0.25) is 9.59 Å². The van der Waals surface area contributed by atoms with Crippen molar-refractivity contribution >= 4 is 11.8 Å². The number of hydrogen-bond donors (Lipinski definition) is 2. The molecule has 0 aliphatic heterocycles. The topological polar surface area (TPSA) is 72.2 Å². The van der Waals surface area contributed by atoms with Crippen molar-refractivity contribution in [3.05, 3.63) is 0 Å². The van der Waals surface area contributed by atoms with Crippen LogP contribution in [0.4, 0.5) is 0 Å². The van der Waals surface area contributed by atoms with Gasteiger partial charge in [0.2, 0.25) is 11.8 Å². The van der Waals surface area contributed by atoms with Crippen molar-refractivity contribution in [3.63, 3.8) is 0 Å². The van der Waals surface area contributed by atoms with Gasteiger partial charge in [-0.2, -0.15) is 0 Å². The Balaban J connectivity index is 4.12. The van der Waals surface area contributed by atoms with Crippen LogP contribution in [0.1, 0.15) is 47.5 Å². The van der Waals surface area contributed by atoms with E-state index in [2.05, 4.69) is 5.32 Å². The molecule has 0 atom stereocenters. The van der Waals surface area contributed by atoms with Gasteiger partial charge < -0.3 is 11.1 Å². The van der Waals surface area contributed by atoms with Gasteiger partial charge in [0.1, 0.15) is 0 Å². The zero-order valence-electron chi connectivity index (χ0n) is 11.0. The summed E-state index contributed by atoms with van der Waals surface area (Å²) >= 11 is 0. The number of carbonyl (C=O) groups is 2. The number of rotatable bonds is 5. The second-order valence-corrected chi connectivity index (χ2v) is 5.70. The van der Waals surface area contributed by atoms with E-state index in [9.17, 15) is 9.59 Å². The standard InChI is InChI=1S/C12H24N2O2/c1-11(2,3)12(4,5)10(16)14-8-6-7-9(13)15/h6-8H2,1-5H3,(H2,13,15)(H,14,16). The predicted octanol–water partition coefficient (Wildman–Crippen LogP) is 1.44. The number of hydrogen-bond acceptors (Lipinski definition) is 2. The van der Waals surface area contributed by atoms with Crippen LogP contribution in [0.3, 0.4) is 0 Å². The molecule has 0 aromatic carbocycles. The largest absolute Gasteiger partial charge is 0.370 e. The van der Waals surface area contributed by atoms with Crippen molar-refractivity contribution in [2.45, 2.75) is 47.5 Å². The summed E-state index contributed by atoms with van der Waals surface area (Å²) in [5, 5.41) is 2.84. The van der Waals surface area contributed by atoms with Crippen LogP contribution in [0.15, 0.2) is 0 Å². The van der Waals surface area contributed by atoms with Gasteiger partial charge >= 0.3 is 0 Å². The molecule has 0 radical (unpaired) electrons. The van der Waals surface area contributed by atoms with Gasteiger partial charge in [0.25, 0.3) is 0 Å². The highest BCUT2D eigenvalue weighted by Gasteiger charge is 2.39. The highest BCUT2D eigenvalue weighted by molar-refractivity contribution is 5.82. The summed E-state index contributed by atoms with van der Waals surface area (Å²) in [6.45, 7) is 10.5. The van der Waals surface area contributed by atoms with E-state index < -0.39 is 5.41 Å². The molecular weight excluding hydrogens is 204 g/mol. The van der Waals surface area contributed by atoms with E-state index in [1.54, 1.807) is 0 Å². The van der Waals surface area contributed by atoms with Gasteiger partial charge in [-0.15, -0.1) is 0 Å². The zero-order chi connectivity index (χ0) is 13.0. The Bertz CT molecular complexity index is 265. The highest BCUT2D eigenvalue weighted by Crippen LogP contribution is 2.37. The van der Waals surface area contributed by atoms with Crippen LogP contribution < -0.4 is 11.1 Å². The van der Waals surface area contributed by atoms with Crippen molar-refractivity contribution in [2.75, 3.05) is 6.54 Å².